The number of nitrogens with zero attached hydrogens (tertiary/aromatic N) is 3. The summed E-state index contributed by atoms with van der Waals surface area (Å²) in [6, 6.07) is 6.19. The molecule has 2 aromatic heterocycles. The van der Waals surface area contributed by atoms with E-state index in [0.717, 1.165) is 27.7 Å². The van der Waals surface area contributed by atoms with Crippen LogP contribution in [0.3, 0.4) is 0 Å². The van der Waals surface area contributed by atoms with Gasteiger partial charge in [0, 0.05) is 17.1 Å². The average molecular weight is 352 g/mol. The van der Waals surface area contributed by atoms with Gasteiger partial charge >= 0.3 is 0 Å². The van der Waals surface area contributed by atoms with Crippen molar-refractivity contribution >= 4 is 35.2 Å². The predicted octanol–water partition coefficient (Wildman–Crippen LogP) is 4.82. The van der Waals surface area contributed by atoms with Gasteiger partial charge in [0.05, 0.1) is 16.6 Å². The van der Waals surface area contributed by atoms with Crippen LogP contribution in [0, 0.1) is 36.7 Å². The number of aromatic nitrogens is 1. The van der Waals surface area contributed by atoms with E-state index >= 15 is 0 Å². The molecular formula is C16H18ClN3S2. The molecule has 0 N–H and O–H groups in total. The first kappa shape index (κ1) is 17.2. The molecule has 0 saturated carbocycles. The Morgan fingerprint density at radius 3 is 2.55 bits per heavy atom. The molecule has 0 aliphatic heterocycles. The predicted molar refractivity (Wildman–Crippen MR) is 95.0 cm³/mol. The van der Waals surface area contributed by atoms with E-state index < -0.39 is 0 Å². The van der Waals surface area contributed by atoms with Gasteiger partial charge in [0.25, 0.3) is 0 Å². The molecule has 0 unspecified atom stereocenters. The van der Waals surface area contributed by atoms with Crippen molar-refractivity contribution in [2.45, 2.75) is 34.0 Å². The second kappa shape index (κ2) is 6.93. The van der Waals surface area contributed by atoms with Crippen molar-refractivity contribution in [1.29, 1.82) is 5.26 Å². The first-order valence-electron chi connectivity index (χ1n) is 6.88. The van der Waals surface area contributed by atoms with Crippen molar-refractivity contribution in [1.82, 2.24) is 9.47 Å². The zero-order chi connectivity index (χ0) is 16.4. The molecule has 6 heteroatoms. The lowest BCUT2D eigenvalue weighted by atomic mass is 10.0. The Kier molecular flexibility index (Phi) is 5.41. The Hall–Kier alpha value is -1.19. The molecule has 22 heavy (non-hydrogen) atoms. The van der Waals surface area contributed by atoms with Gasteiger partial charge in [-0.3, -0.25) is 4.90 Å². The molecule has 2 heterocycles. The van der Waals surface area contributed by atoms with Crippen molar-refractivity contribution in [3.8, 4) is 6.07 Å². The van der Waals surface area contributed by atoms with Crippen LogP contribution in [0.4, 0.5) is 0 Å². The minimum absolute atomic E-state index is 0.602. The molecule has 0 aromatic carbocycles. The lowest BCUT2D eigenvalue weighted by Crippen LogP contribution is -2.24. The van der Waals surface area contributed by atoms with Gasteiger partial charge in [-0.2, -0.15) is 5.26 Å². The third-order valence-corrected chi connectivity index (χ3v) is 5.53. The number of nitriles is 1. The van der Waals surface area contributed by atoms with Crippen molar-refractivity contribution in [2.75, 3.05) is 7.05 Å². The highest BCUT2D eigenvalue weighted by Crippen LogP contribution is 2.23. The van der Waals surface area contributed by atoms with E-state index in [1.807, 2.05) is 37.6 Å². The Morgan fingerprint density at radius 2 is 2.00 bits per heavy atom. The number of hydrogen-bond acceptors (Lipinski definition) is 4. The van der Waals surface area contributed by atoms with Crippen LogP contribution in [0.15, 0.2) is 12.1 Å². The van der Waals surface area contributed by atoms with E-state index in [1.54, 1.807) is 11.3 Å². The summed E-state index contributed by atoms with van der Waals surface area (Å²) >= 11 is 13.1. The zero-order valence-electron chi connectivity index (χ0n) is 13.1. The molecule has 2 rings (SSSR count). The topological polar surface area (TPSA) is 32.0 Å². The normalized spacial score (nSPS) is 11.0. The van der Waals surface area contributed by atoms with Gasteiger partial charge < -0.3 is 4.57 Å². The minimum atomic E-state index is 0.602. The van der Waals surface area contributed by atoms with Crippen LogP contribution >= 0.6 is 35.2 Å². The molecule has 0 radical (unpaired) electrons. The van der Waals surface area contributed by atoms with E-state index in [2.05, 4.69) is 17.9 Å². The second-order valence-electron chi connectivity index (χ2n) is 5.42. The summed E-state index contributed by atoms with van der Waals surface area (Å²) in [5.41, 5.74) is 3.81. The molecule has 0 atom stereocenters. The van der Waals surface area contributed by atoms with Gasteiger partial charge in [-0.05, 0) is 51.1 Å². The van der Waals surface area contributed by atoms with E-state index in [9.17, 15) is 5.26 Å². The lowest BCUT2D eigenvalue weighted by Gasteiger charge is -2.22. The Bertz CT molecular complexity index is 799. The second-order valence-corrected chi connectivity index (χ2v) is 7.60. The van der Waals surface area contributed by atoms with Crippen LogP contribution in [0.25, 0.3) is 0 Å². The molecule has 0 bridgehead atoms. The fourth-order valence-electron chi connectivity index (χ4n) is 2.41. The largest absolute Gasteiger partial charge is 0.322 e. The van der Waals surface area contributed by atoms with Crippen LogP contribution in [0.5, 0.6) is 0 Å². The monoisotopic (exact) mass is 351 g/mol. The maximum atomic E-state index is 9.35. The summed E-state index contributed by atoms with van der Waals surface area (Å²) in [4.78, 5) is 3.38. The molecule has 0 fully saturated rings. The maximum Gasteiger partial charge on any atom is 0.125 e. The van der Waals surface area contributed by atoms with E-state index in [1.165, 1.54) is 4.88 Å². The van der Waals surface area contributed by atoms with Crippen LogP contribution in [-0.4, -0.2) is 16.5 Å². The van der Waals surface area contributed by atoms with Gasteiger partial charge in [0.2, 0.25) is 0 Å². The first-order valence-corrected chi connectivity index (χ1v) is 8.49. The van der Waals surface area contributed by atoms with Gasteiger partial charge in [0.15, 0.2) is 0 Å². The van der Waals surface area contributed by atoms with E-state index in [0.29, 0.717) is 16.9 Å². The highest BCUT2D eigenvalue weighted by atomic mass is 35.5. The third kappa shape index (κ3) is 3.41. The smallest absolute Gasteiger partial charge is 0.125 e. The van der Waals surface area contributed by atoms with Crippen LogP contribution < -0.4 is 0 Å². The summed E-state index contributed by atoms with van der Waals surface area (Å²) in [6.07, 6.45) is 0. The molecule has 0 aliphatic carbocycles. The number of pyridine rings is 1. The zero-order valence-corrected chi connectivity index (χ0v) is 15.5. The molecule has 0 aliphatic rings. The summed E-state index contributed by atoms with van der Waals surface area (Å²) < 4.78 is 3.44. The van der Waals surface area contributed by atoms with Crippen molar-refractivity contribution in [3.63, 3.8) is 0 Å². The molecule has 0 spiro atoms. The van der Waals surface area contributed by atoms with E-state index in [4.69, 9.17) is 23.8 Å². The SMILES string of the molecule is Cc1c(C)c(C)n(CN(C)Cc2ccc(Cl)s2)c(=S)c1C#N. The standard InChI is InChI=1S/C16H18ClN3S2/c1-10-11(2)14(7-18)16(21)20(12(10)3)9-19(4)8-13-5-6-15(17)22-13/h5-6H,8-9H2,1-4H3. The first-order chi connectivity index (χ1) is 10.3. The molecule has 0 saturated heterocycles. The third-order valence-electron chi connectivity index (χ3n) is 3.89. The fraction of sp³-hybridized carbons (Fsp3) is 0.375. The van der Waals surface area contributed by atoms with E-state index in [-0.39, 0.29) is 0 Å². The van der Waals surface area contributed by atoms with Gasteiger partial charge in [-0.1, -0.05) is 23.8 Å². The summed E-state index contributed by atoms with van der Waals surface area (Å²) in [5, 5.41) is 9.35. The average Bonchev–Trinajstić information content (AvgIpc) is 2.87. The van der Waals surface area contributed by atoms with Crippen LogP contribution in [0.1, 0.15) is 27.3 Å². The lowest BCUT2D eigenvalue weighted by molar-refractivity contribution is 0.257. The Morgan fingerprint density at radius 1 is 1.32 bits per heavy atom. The molecule has 3 nitrogen and oxygen atoms in total. The Labute approximate surface area is 145 Å². The summed E-state index contributed by atoms with van der Waals surface area (Å²) in [7, 11) is 2.04. The summed E-state index contributed by atoms with van der Waals surface area (Å²) in [5.74, 6) is 0. The van der Waals surface area contributed by atoms with Crippen LogP contribution in [0.2, 0.25) is 4.34 Å². The maximum absolute atomic E-state index is 9.35. The number of thiophene rings is 1. The van der Waals surface area contributed by atoms with Gasteiger partial charge in [-0.15, -0.1) is 11.3 Å². The van der Waals surface area contributed by atoms with Gasteiger partial charge in [-0.25, -0.2) is 0 Å². The summed E-state index contributed by atoms with van der Waals surface area (Å²) in [6.45, 7) is 7.49. The highest BCUT2D eigenvalue weighted by molar-refractivity contribution is 7.71. The molecule has 0 amide bonds. The number of hydrogen-bond donors (Lipinski definition) is 0. The van der Waals surface area contributed by atoms with Crippen molar-refractivity contribution in [2.24, 2.45) is 0 Å². The van der Waals surface area contributed by atoms with Gasteiger partial charge in [0.1, 0.15) is 10.7 Å². The van der Waals surface area contributed by atoms with Crippen molar-refractivity contribution < 1.29 is 0 Å². The fourth-order valence-corrected chi connectivity index (χ4v) is 3.97. The van der Waals surface area contributed by atoms with Crippen molar-refractivity contribution in [3.05, 3.63) is 48.4 Å². The Balaban J connectivity index is 2.31. The molecule has 2 aromatic rings. The molecule has 116 valence electrons. The quantitative estimate of drug-likeness (QED) is 0.740. The highest BCUT2D eigenvalue weighted by Gasteiger charge is 2.13. The number of halogens is 1. The molecular weight excluding hydrogens is 334 g/mol. The van der Waals surface area contributed by atoms with Crippen LogP contribution in [-0.2, 0) is 13.2 Å². The number of rotatable bonds is 4. The minimum Gasteiger partial charge on any atom is -0.322 e.